The Morgan fingerprint density at radius 3 is 2.00 bits per heavy atom. The summed E-state index contributed by atoms with van der Waals surface area (Å²) in [6.07, 6.45) is 0. The molecule has 28 heavy (non-hydrogen) atoms. The Hall–Kier alpha value is -0.684. The first-order valence-corrected chi connectivity index (χ1v) is 23.9. The van der Waals surface area contributed by atoms with E-state index in [0.29, 0.717) is 0 Å². The molecular weight excluding hydrogens is 671 g/mol. The third-order valence-corrected chi connectivity index (χ3v) is 16.3. The van der Waals surface area contributed by atoms with Gasteiger partial charge in [0.2, 0.25) is 0 Å². The van der Waals surface area contributed by atoms with Crippen LogP contribution < -0.4 is 16.6 Å². The summed E-state index contributed by atoms with van der Waals surface area (Å²) in [4.78, 5) is 2.12. The van der Waals surface area contributed by atoms with E-state index >= 15 is 0 Å². The molecule has 3 aromatic carbocycles. The van der Waals surface area contributed by atoms with Gasteiger partial charge in [-0.1, -0.05) is 0 Å². The quantitative estimate of drug-likeness (QED) is 0.271. The van der Waals surface area contributed by atoms with Crippen molar-refractivity contribution in [2.45, 2.75) is 9.17 Å². The summed E-state index contributed by atoms with van der Waals surface area (Å²) in [6, 6.07) is 26.3. The van der Waals surface area contributed by atoms with Crippen molar-refractivity contribution in [2.75, 3.05) is 28.9 Å². The molecule has 1 aliphatic rings. The van der Waals surface area contributed by atoms with Crippen LogP contribution in [0.5, 0.6) is 0 Å². The number of nitrogens with zero attached hydrogens (tertiary/aromatic N) is 1. The van der Waals surface area contributed by atoms with Gasteiger partial charge in [0.05, 0.1) is 12.2 Å². The molecule has 5 heteroatoms. The molecule has 3 aromatic rings. The summed E-state index contributed by atoms with van der Waals surface area (Å²) in [7, 11) is 4.13. The molecule has 1 unspecified atom stereocenters. The third-order valence-electron chi connectivity index (χ3n) is 4.80. The molecule has 1 aliphatic heterocycles. The molecule has 2 nitrogen and oxygen atoms in total. The van der Waals surface area contributed by atoms with Crippen LogP contribution in [0.4, 0.5) is 11.4 Å². The van der Waals surface area contributed by atoms with Crippen LogP contribution in [0.15, 0.2) is 72.8 Å². The zero-order valence-electron chi connectivity index (χ0n) is 17.2. The SMILES string of the molecule is CN(C)c1ccc([PH+](C)I)cc1.[CH3][Po]1([CH3])[NH]c2ccccc2-c2cccc[c]21. The summed E-state index contributed by atoms with van der Waals surface area (Å²) in [6.45, 7) is 2.30. The van der Waals surface area contributed by atoms with Crippen molar-refractivity contribution in [3.05, 3.63) is 72.8 Å². The number of para-hydroxylation sites is 1. The standard InChI is InChI=1S/C12H9N.C9H13INP.2CH3.Po/c13-12-9-5-4-8-11(12)10-6-2-1-3-7-10;1-11(2)8-4-6-9(7-5-8)12(3)10;;;/h1-6,8-9,13H;4-7H,1-3H3;2*1H3;/q-1;;;;+1/p+1. The number of nitrogens with one attached hydrogen (secondary N) is 1. The van der Waals surface area contributed by atoms with Crippen molar-refractivity contribution in [1.82, 2.24) is 0 Å². The molecule has 0 spiro atoms. The van der Waals surface area contributed by atoms with Gasteiger partial charge in [-0.25, -0.2) is 0 Å². The van der Waals surface area contributed by atoms with Crippen molar-refractivity contribution in [1.29, 1.82) is 0 Å². The Kier molecular flexibility index (Phi) is 7.40. The second kappa shape index (κ2) is 9.42. The summed E-state index contributed by atoms with van der Waals surface area (Å²) < 4.78 is 10.2. The molecule has 148 valence electrons. The fourth-order valence-corrected chi connectivity index (χ4v) is 12.7. The zero-order chi connectivity index (χ0) is 20.3. The normalized spacial score (nSPS) is 15.6. The van der Waals surface area contributed by atoms with E-state index in [9.17, 15) is 0 Å². The van der Waals surface area contributed by atoms with E-state index in [4.69, 9.17) is 0 Å². The molecule has 1 heterocycles. The fourth-order valence-electron chi connectivity index (χ4n) is 3.26. The average molecular weight is 700 g/mol. The first kappa shape index (κ1) is 22.0. The monoisotopic (exact) mass is 700 g/mol. The average Bonchev–Trinajstić information content (AvgIpc) is 2.68. The number of benzene rings is 3. The van der Waals surface area contributed by atoms with Crippen molar-refractivity contribution in [2.24, 2.45) is 0 Å². The van der Waals surface area contributed by atoms with E-state index < -0.39 is 20.9 Å². The molecule has 0 saturated heterocycles. The number of halogens is 1. The van der Waals surface area contributed by atoms with Gasteiger partial charge < -0.3 is 4.90 Å². The minimum atomic E-state index is -2.27. The molecule has 0 fully saturated rings. The Morgan fingerprint density at radius 1 is 0.821 bits per heavy atom. The molecule has 0 amide bonds. The van der Waals surface area contributed by atoms with Gasteiger partial charge in [-0.15, -0.1) is 0 Å². The van der Waals surface area contributed by atoms with Gasteiger partial charge in [0.15, 0.2) is 22.0 Å². The van der Waals surface area contributed by atoms with Crippen LogP contribution in [-0.4, -0.2) is 41.6 Å². The van der Waals surface area contributed by atoms with Crippen LogP contribution in [-0.2, 0) is 0 Å². The van der Waals surface area contributed by atoms with Gasteiger partial charge in [0.25, 0.3) is 0 Å². The van der Waals surface area contributed by atoms with Gasteiger partial charge in [-0.3, -0.25) is 0 Å². The van der Waals surface area contributed by atoms with Crippen LogP contribution in [0.25, 0.3) is 11.1 Å². The minimum absolute atomic E-state index is 0.303. The van der Waals surface area contributed by atoms with Gasteiger partial charge in [-0.05, 0) is 24.3 Å². The predicted molar refractivity (Wildman–Crippen MR) is 141 cm³/mol. The number of anilines is 2. The molecular formula is C23H29IN2PPo+. The van der Waals surface area contributed by atoms with Crippen LogP contribution in [0, 0.1) is 0 Å². The summed E-state index contributed by atoms with van der Waals surface area (Å²) >= 11 is 0.255. The number of hydrogen-bond donors (Lipinski definition) is 1. The van der Waals surface area contributed by atoms with Crippen LogP contribution in [0.1, 0.15) is 0 Å². The van der Waals surface area contributed by atoms with Gasteiger partial charge in [0, 0.05) is 19.8 Å². The van der Waals surface area contributed by atoms with Gasteiger partial charge in [-0.2, -0.15) is 0 Å². The van der Waals surface area contributed by atoms with E-state index in [-0.39, 0.29) is 5.56 Å². The first-order valence-electron chi connectivity index (χ1n) is 9.26. The first-order chi connectivity index (χ1) is 13.3. The Bertz CT molecular complexity index is 912. The molecule has 0 bridgehead atoms. The van der Waals surface area contributed by atoms with E-state index in [1.54, 1.807) is 3.22 Å². The molecule has 1 N–H and O–H groups in total. The molecule has 0 radical (unpaired) electrons. The van der Waals surface area contributed by atoms with Crippen LogP contribution in [0.2, 0.25) is 9.17 Å². The molecule has 4 rings (SSSR count). The second-order valence-electron chi connectivity index (χ2n) is 7.45. The molecule has 1 atom stereocenters. The van der Waals surface area contributed by atoms with Crippen molar-refractivity contribution < 1.29 is 0 Å². The van der Waals surface area contributed by atoms with E-state index in [0.717, 1.165) is 0 Å². The summed E-state index contributed by atoms with van der Waals surface area (Å²) in [5.74, 6) is 0. The summed E-state index contributed by atoms with van der Waals surface area (Å²) in [5, 5.41) is 1.49. The third kappa shape index (κ3) is 5.07. The summed E-state index contributed by atoms with van der Waals surface area (Å²) in [5.41, 5.74) is 5.09. The number of hydrogen-bond acceptors (Lipinski definition) is 2. The van der Waals surface area contributed by atoms with Gasteiger partial charge >= 0.3 is 102 Å². The van der Waals surface area contributed by atoms with Crippen molar-refractivity contribution in [3.8, 4) is 11.1 Å². The zero-order valence-corrected chi connectivity index (χ0v) is 23.5. The molecule has 0 saturated carbocycles. The fraction of sp³-hybridized carbons (Fsp3) is 0.217. The van der Waals surface area contributed by atoms with E-state index in [2.05, 4.69) is 133 Å². The van der Waals surface area contributed by atoms with Crippen LogP contribution >= 0.6 is 27.6 Å². The predicted octanol–water partition coefficient (Wildman–Crippen LogP) is 5.76. The maximum absolute atomic E-state index is 3.80. The Labute approximate surface area is 188 Å². The topological polar surface area (TPSA) is 15.3 Å². The van der Waals surface area contributed by atoms with E-state index in [1.165, 1.54) is 27.8 Å². The Balaban J connectivity index is 0.000000169. The maximum atomic E-state index is 3.80. The van der Waals surface area contributed by atoms with Crippen molar-refractivity contribution >= 4 is 68.4 Å². The van der Waals surface area contributed by atoms with Crippen LogP contribution in [0.3, 0.4) is 0 Å². The molecule has 0 aliphatic carbocycles. The molecule has 0 aromatic heterocycles. The van der Waals surface area contributed by atoms with E-state index in [1.807, 2.05) is 0 Å². The second-order valence-corrected chi connectivity index (χ2v) is 26.8. The number of fused-ring (bicyclic) bond motifs is 3. The van der Waals surface area contributed by atoms with Crippen molar-refractivity contribution in [3.63, 3.8) is 0 Å². The van der Waals surface area contributed by atoms with Gasteiger partial charge in [0.1, 0.15) is 5.30 Å². The Morgan fingerprint density at radius 2 is 1.39 bits per heavy atom. The number of rotatable bonds is 2.